The standard InChI is InChI=1S/C12H11FO2/c1-2-3-6-9-15-12(14)10-7-4-5-8-11(10)13/h1,4-5,7-8H,3,6,9H2. The van der Waals surface area contributed by atoms with Crippen LogP contribution in [0.2, 0.25) is 0 Å². The van der Waals surface area contributed by atoms with Gasteiger partial charge in [-0.2, -0.15) is 0 Å². The Hall–Kier alpha value is -1.82. The topological polar surface area (TPSA) is 26.3 Å². The maximum absolute atomic E-state index is 13.1. The highest BCUT2D eigenvalue weighted by Crippen LogP contribution is 2.08. The summed E-state index contributed by atoms with van der Waals surface area (Å²) < 4.78 is 17.9. The van der Waals surface area contributed by atoms with Gasteiger partial charge < -0.3 is 4.74 Å². The number of carbonyl (C=O) groups excluding carboxylic acids is 1. The second-order valence-electron chi connectivity index (χ2n) is 2.92. The van der Waals surface area contributed by atoms with Gasteiger partial charge in [0.25, 0.3) is 0 Å². The Morgan fingerprint density at radius 1 is 1.47 bits per heavy atom. The number of carbonyl (C=O) groups is 1. The Kier molecular flexibility index (Phi) is 4.36. The smallest absolute Gasteiger partial charge is 0.341 e. The highest BCUT2D eigenvalue weighted by molar-refractivity contribution is 5.89. The third kappa shape index (κ3) is 3.43. The summed E-state index contributed by atoms with van der Waals surface area (Å²) >= 11 is 0. The Bertz CT molecular complexity index is 379. The summed E-state index contributed by atoms with van der Waals surface area (Å²) in [6.45, 7) is 0.220. The molecular formula is C12H11FO2. The fourth-order valence-electron chi connectivity index (χ4n) is 1.04. The predicted molar refractivity (Wildman–Crippen MR) is 54.7 cm³/mol. The second kappa shape index (κ2) is 5.82. The van der Waals surface area contributed by atoms with Crippen LogP contribution < -0.4 is 0 Å². The molecule has 1 aromatic carbocycles. The van der Waals surface area contributed by atoms with Crippen LogP contribution in [0.15, 0.2) is 24.3 Å². The van der Waals surface area contributed by atoms with E-state index in [0.717, 1.165) is 0 Å². The Labute approximate surface area is 88.1 Å². The number of rotatable bonds is 4. The normalized spacial score (nSPS) is 9.33. The van der Waals surface area contributed by atoms with Crippen LogP contribution in [0.4, 0.5) is 4.39 Å². The van der Waals surface area contributed by atoms with Crippen molar-refractivity contribution < 1.29 is 13.9 Å². The molecule has 0 saturated heterocycles. The summed E-state index contributed by atoms with van der Waals surface area (Å²) in [4.78, 5) is 11.3. The summed E-state index contributed by atoms with van der Waals surface area (Å²) in [5.41, 5.74) is -0.0433. The van der Waals surface area contributed by atoms with Gasteiger partial charge in [-0.05, 0) is 18.6 Å². The molecule has 1 rings (SSSR count). The van der Waals surface area contributed by atoms with Gasteiger partial charge in [0, 0.05) is 6.42 Å². The van der Waals surface area contributed by atoms with Gasteiger partial charge in [0.2, 0.25) is 0 Å². The van der Waals surface area contributed by atoms with E-state index in [1.54, 1.807) is 6.07 Å². The molecule has 0 bridgehead atoms. The molecule has 0 N–H and O–H groups in total. The van der Waals surface area contributed by atoms with Gasteiger partial charge in [-0.25, -0.2) is 9.18 Å². The maximum Gasteiger partial charge on any atom is 0.341 e. The molecule has 3 heteroatoms. The van der Waals surface area contributed by atoms with Crippen LogP contribution in [0.1, 0.15) is 23.2 Å². The first kappa shape index (κ1) is 11.3. The molecule has 0 aromatic heterocycles. The second-order valence-corrected chi connectivity index (χ2v) is 2.92. The van der Waals surface area contributed by atoms with Gasteiger partial charge in [-0.15, -0.1) is 12.3 Å². The van der Waals surface area contributed by atoms with Crippen LogP contribution in [0.3, 0.4) is 0 Å². The van der Waals surface area contributed by atoms with E-state index in [9.17, 15) is 9.18 Å². The predicted octanol–water partition coefficient (Wildman–Crippen LogP) is 2.40. The van der Waals surface area contributed by atoms with Crippen molar-refractivity contribution in [3.63, 3.8) is 0 Å². The fourth-order valence-corrected chi connectivity index (χ4v) is 1.04. The molecule has 78 valence electrons. The lowest BCUT2D eigenvalue weighted by atomic mass is 10.2. The van der Waals surface area contributed by atoms with Gasteiger partial charge in [0.1, 0.15) is 5.82 Å². The van der Waals surface area contributed by atoms with Crippen molar-refractivity contribution in [2.24, 2.45) is 0 Å². The summed E-state index contributed by atoms with van der Waals surface area (Å²) in [6.07, 6.45) is 6.17. The maximum atomic E-state index is 13.1. The minimum atomic E-state index is -0.648. The van der Waals surface area contributed by atoms with Gasteiger partial charge in [0.15, 0.2) is 0 Å². The summed E-state index contributed by atoms with van der Waals surface area (Å²) in [7, 11) is 0. The van der Waals surface area contributed by atoms with Gasteiger partial charge in [-0.1, -0.05) is 12.1 Å². The van der Waals surface area contributed by atoms with Gasteiger partial charge in [0.05, 0.1) is 12.2 Å². The van der Waals surface area contributed by atoms with Crippen molar-refractivity contribution in [1.82, 2.24) is 0 Å². The molecular weight excluding hydrogens is 195 g/mol. The average Bonchev–Trinajstić information content (AvgIpc) is 2.25. The van der Waals surface area contributed by atoms with Crippen molar-refractivity contribution >= 4 is 5.97 Å². The third-order valence-electron chi connectivity index (χ3n) is 1.79. The highest BCUT2D eigenvalue weighted by Gasteiger charge is 2.11. The van der Waals surface area contributed by atoms with Crippen molar-refractivity contribution in [2.45, 2.75) is 12.8 Å². The summed E-state index contributed by atoms with van der Waals surface area (Å²) in [5, 5.41) is 0. The molecule has 15 heavy (non-hydrogen) atoms. The van der Waals surface area contributed by atoms with E-state index in [1.807, 2.05) is 0 Å². The lowest BCUT2D eigenvalue weighted by molar-refractivity contribution is 0.0496. The molecule has 0 amide bonds. The number of hydrogen-bond acceptors (Lipinski definition) is 2. The zero-order chi connectivity index (χ0) is 11.1. The largest absolute Gasteiger partial charge is 0.462 e. The zero-order valence-electron chi connectivity index (χ0n) is 8.20. The molecule has 2 nitrogen and oxygen atoms in total. The van der Waals surface area contributed by atoms with Crippen LogP contribution in [0.5, 0.6) is 0 Å². The van der Waals surface area contributed by atoms with Crippen LogP contribution in [-0.2, 0) is 4.74 Å². The number of halogens is 1. The molecule has 0 radical (unpaired) electrons. The number of benzene rings is 1. The Morgan fingerprint density at radius 2 is 2.20 bits per heavy atom. The van der Waals surface area contributed by atoms with E-state index < -0.39 is 11.8 Å². The number of unbranched alkanes of at least 4 members (excludes halogenated alkanes) is 1. The van der Waals surface area contributed by atoms with Crippen molar-refractivity contribution in [3.8, 4) is 12.3 Å². The van der Waals surface area contributed by atoms with Gasteiger partial charge >= 0.3 is 5.97 Å². The summed E-state index contributed by atoms with van der Waals surface area (Å²) in [6, 6.07) is 5.71. The first-order valence-corrected chi connectivity index (χ1v) is 4.61. The van der Waals surface area contributed by atoms with E-state index in [0.29, 0.717) is 12.8 Å². The number of hydrogen-bond donors (Lipinski definition) is 0. The minimum absolute atomic E-state index is 0.0433. The van der Waals surface area contributed by atoms with E-state index in [4.69, 9.17) is 11.2 Å². The summed E-state index contributed by atoms with van der Waals surface area (Å²) in [5.74, 6) is 1.21. The number of terminal acetylenes is 1. The SMILES string of the molecule is C#CCCCOC(=O)c1ccccc1F. The minimum Gasteiger partial charge on any atom is -0.462 e. The molecule has 0 heterocycles. The average molecular weight is 206 g/mol. The monoisotopic (exact) mass is 206 g/mol. The molecule has 0 aliphatic rings. The molecule has 0 aliphatic carbocycles. The molecule has 0 spiro atoms. The zero-order valence-corrected chi connectivity index (χ0v) is 8.20. The molecule has 0 atom stereocenters. The Balaban J connectivity index is 2.48. The third-order valence-corrected chi connectivity index (χ3v) is 1.79. The van der Waals surface area contributed by atoms with Crippen LogP contribution in [0.25, 0.3) is 0 Å². The van der Waals surface area contributed by atoms with Crippen LogP contribution in [0, 0.1) is 18.2 Å². The van der Waals surface area contributed by atoms with Crippen LogP contribution in [-0.4, -0.2) is 12.6 Å². The van der Waals surface area contributed by atoms with Crippen molar-refractivity contribution in [2.75, 3.05) is 6.61 Å². The molecule has 1 aromatic rings. The molecule has 0 fully saturated rings. The molecule has 0 aliphatic heterocycles. The number of ether oxygens (including phenoxy) is 1. The van der Waals surface area contributed by atoms with E-state index in [-0.39, 0.29) is 12.2 Å². The molecule has 0 saturated carbocycles. The first-order valence-electron chi connectivity index (χ1n) is 4.61. The van der Waals surface area contributed by atoms with Crippen molar-refractivity contribution in [1.29, 1.82) is 0 Å². The first-order chi connectivity index (χ1) is 7.25. The lowest BCUT2D eigenvalue weighted by Crippen LogP contribution is -2.08. The van der Waals surface area contributed by atoms with E-state index in [1.165, 1.54) is 18.2 Å². The quantitative estimate of drug-likeness (QED) is 0.429. The number of esters is 1. The van der Waals surface area contributed by atoms with E-state index in [2.05, 4.69) is 5.92 Å². The lowest BCUT2D eigenvalue weighted by Gasteiger charge is -2.03. The van der Waals surface area contributed by atoms with Gasteiger partial charge in [-0.3, -0.25) is 0 Å². The Morgan fingerprint density at radius 3 is 2.87 bits per heavy atom. The van der Waals surface area contributed by atoms with Crippen LogP contribution >= 0.6 is 0 Å². The fraction of sp³-hybridized carbons (Fsp3) is 0.250. The molecule has 0 unspecified atom stereocenters. The highest BCUT2D eigenvalue weighted by atomic mass is 19.1. The van der Waals surface area contributed by atoms with Crippen molar-refractivity contribution in [3.05, 3.63) is 35.6 Å². The van der Waals surface area contributed by atoms with E-state index >= 15 is 0 Å².